The van der Waals surface area contributed by atoms with E-state index < -0.39 is 0 Å². The van der Waals surface area contributed by atoms with Crippen LogP contribution in [-0.4, -0.2) is 29.4 Å². The van der Waals surface area contributed by atoms with E-state index in [4.69, 9.17) is 9.26 Å². The van der Waals surface area contributed by atoms with E-state index in [1.165, 1.54) is 0 Å². The molecule has 2 unspecified atom stereocenters. The lowest BCUT2D eigenvalue weighted by molar-refractivity contribution is 0.0392. The maximum Gasteiger partial charge on any atom is 0.230 e. The van der Waals surface area contributed by atoms with Crippen LogP contribution >= 0.6 is 0 Å². The summed E-state index contributed by atoms with van der Waals surface area (Å²) in [7, 11) is 0. The van der Waals surface area contributed by atoms with Crippen molar-refractivity contribution in [2.24, 2.45) is 5.92 Å². The largest absolute Gasteiger partial charge is 0.381 e. The van der Waals surface area contributed by atoms with Gasteiger partial charge in [0.1, 0.15) is 0 Å². The standard InChI is InChI=1S/C12H21N3O2/c1-8(2)13-6-11-14-12(17-15-11)10-4-5-16-7-9(10)3/h8-10,13H,4-7H2,1-3H3. The Balaban J connectivity index is 1.97. The van der Waals surface area contributed by atoms with Gasteiger partial charge in [0.05, 0.1) is 6.54 Å². The Labute approximate surface area is 102 Å². The van der Waals surface area contributed by atoms with Gasteiger partial charge in [0.2, 0.25) is 5.89 Å². The molecule has 0 saturated carbocycles. The lowest BCUT2D eigenvalue weighted by Gasteiger charge is -2.25. The van der Waals surface area contributed by atoms with Crippen LogP contribution in [0.1, 0.15) is 44.8 Å². The highest BCUT2D eigenvalue weighted by molar-refractivity contribution is 4.97. The molecule has 5 heteroatoms. The Morgan fingerprint density at radius 2 is 2.29 bits per heavy atom. The van der Waals surface area contributed by atoms with E-state index in [0.717, 1.165) is 31.3 Å². The summed E-state index contributed by atoms with van der Waals surface area (Å²) in [6.45, 7) is 8.60. The molecule has 1 fully saturated rings. The zero-order valence-corrected chi connectivity index (χ0v) is 10.8. The van der Waals surface area contributed by atoms with Crippen LogP contribution in [0.4, 0.5) is 0 Å². The summed E-state index contributed by atoms with van der Waals surface area (Å²) >= 11 is 0. The van der Waals surface area contributed by atoms with Crippen molar-refractivity contribution < 1.29 is 9.26 Å². The van der Waals surface area contributed by atoms with Gasteiger partial charge in [0, 0.05) is 25.2 Å². The fourth-order valence-corrected chi connectivity index (χ4v) is 2.03. The molecule has 96 valence electrons. The van der Waals surface area contributed by atoms with E-state index in [9.17, 15) is 0 Å². The van der Waals surface area contributed by atoms with Crippen molar-refractivity contribution in [2.75, 3.05) is 13.2 Å². The lowest BCUT2D eigenvalue weighted by atomic mass is 9.90. The third-order valence-electron chi connectivity index (χ3n) is 3.11. The summed E-state index contributed by atoms with van der Waals surface area (Å²) in [6, 6.07) is 0.430. The minimum absolute atomic E-state index is 0.351. The van der Waals surface area contributed by atoms with Gasteiger partial charge in [-0.3, -0.25) is 0 Å². The van der Waals surface area contributed by atoms with Crippen LogP contribution in [0.2, 0.25) is 0 Å². The molecule has 0 aromatic carbocycles. The maximum absolute atomic E-state index is 5.42. The SMILES string of the molecule is CC(C)NCc1noc(C2CCOCC2C)n1. The molecular formula is C12H21N3O2. The van der Waals surface area contributed by atoms with E-state index in [1.54, 1.807) is 0 Å². The molecule has 5 nitrogen and oxygen atoms in total. The van der Waals surface area contributed by atoms with Gasteiger partial charge in [-0.05, 0) is 12.3 Å². The van der Waals surface area contributed by atoms with Crippen molar-refractivity contribution in [1.29, 1.82) is 0 Å². The molecule has 1 aromatic rings. The molecule has 2 rings (SSSR count). The normalized spacial score (nSPS) is 25.4. The average Bonchev–Trinajstić information content (AvgIpc) is 2.75. The molecule has 1 aliphatic heterocycles. The molecule has 1 aliphatic rings. The molecule has 0 spiro atoms. The van der Waals surface area contributed by atoms with Gasteiger partial charge in [-0.2, -0.15) is 4.98 Å². The average molecular weight is 239 g/mol. The number of hydrogen-bond acceptors (Lipinski definition) is 5. The van der Waals surface area contributed by atoms with Crippen molar-refractivity contribution in [1.82, 2.24) is 15.5 Å². The Bertz CT molecular complexity index is 351. The van der Waals surface area contributed by atoms with Crippen molar-refractivity contribution in [3.05, 3.63) is 11.7 Å². The van der Waals surface area contributed by atoms with Gasteiger partial charge in [-0.1, -0.05) is 25.9 Å². The van der Waals surface area contributed by atoms with Gasteiger partial charge in [0.25, 0.3) is 0 Å². The fourth-order valence-electron chi connectivity index (χ4n) is 2.03. The Kier molecular flexibility index (Phi) is 4.12. The van der Waals surface area contributed by atoms with E-state index in [0.29, 0.717) is 24.4 Å². The highest BCUT2D eigenvalue weighted by Gasteiger charge is 2.28. The predicted molar refractivity (Wildman–Crippen MR) is 63.6 cm³/mol. The zero-order chi connectivity index (χ0) is 12.3. The number of hydrogen-bond donors (Lipinski definition) is 1. The maximum atomic E-state index is 5.42. The summed E-state index contributed by atoms with van der Waals surface area (Å²) in [5.41, 5.74) is 0. The summed E-state index contributed by atoms with van der Waals surface area (Å²) in [5.74, 6) is 2.31. The van der Waals surface area contributed by atoms with Crippen LogP contribution < -0.4 is 5.32 Å². The Morgan fingerprint density at radius 1 is 1.47 bits per heavy atom. The monoisotopic (exact) mass is 239 g/mol. The highest BCUT2D eigenvalue weighted by atomic mass is 16.5. The number of rotatable bonds is 4. The Hall–Kier alpha value is -0.940. The molecule has 1 aromatic heterocycles. The third-order valence-corrected chi connectivity index (χ3v) is 3.11. The van der Waals surface area contributed by atoms with Gasteiger partial charge in [-0.25, -0.2) is 0 Å². The van der Waals surface area contributed by atoms with Crippen LogP contribution in [0.15, 0.2) is 4.52 Å². The number of nitrogens with zero attached hydrogens (tertiary/aromatic N) is 2. The molecule has 0 bridgehead atoms. The van der Waals surface area contributed by atoms with Gasteiger partial charge in [-0.15, -0.1) is 0 Å². The summed E-state index contributed by atoms with van der Waals surface area (Å²) < 4.78 is 10.8. The van der Waals surface area contributed by atoms with Gasteiger partial charge < -0.3 is 14.6 Å². The fraction of sp³-hybridized carbons (Fsp3) is 0.833. The summed E-state index contributed by atoms with van der Waals surface area (Å²) in [6.07, 6.45) is 0.973. The van der Waals surface area contributed by atoms with E-state index in [2.05, 4.69) is 36.2 Å². The minimum atomic E-state index is 0.351. The minimum Gasteiger partial charge on any atom is -0.381 e. The summed E-state index contributed by atoms with van der Waals surface area (Å²) in [5, 5.41) is 7.29. The molecular weight excluding hydrogens is 218 g/mol. The Morgan fingerprint density at radius 3 is 3.00 bits per heavy atom. The van der Waals surface area contributed by atoms with Crippen molar-refractivity contribution in [2.45, 2.75) is 45.7 Å². The van der Waals surface area contributed by atoms with Crippen LogP contribution in [0.3, 0.4) is 0 Å². The van der Waals surface area contributed by atoms with E-state index in [1.807, 2.05) is 0 Å². The molecule has 2 heterocycles. The lowest BCUT2D eigenvalue weighted by Crippen LogP contribution is -2.24. The highest BCUT2D eigenvalue weighted by Crippen LogP contribution is 2.30. The number of ether oxygens (including phenoxy) is 1. The predicted octanol–water partition coefficient (Wildman–Crippen LogP) is 1.71. The van der Waals surface area contributed by atoms with E-state index in [-0.39, 0.29) is 0 Å². The van der Waals surface area contributed by atoms with Gasteiger partial charge >= 0.3 is 0 Å². The summed E-state index contributed by atoms with van der Waals surface area (Å²) in [4.78, 5) is 4.46. The van der Waals surface area contributed by atoms with Crippen LogP contribution in [0.25, 0.3) is 0 Å². The number of nitrogens with one attached hydrogen (secondary N) is 1. The number of aromatic nitrogens is 2. The molecule has 2 atom stereocenters. The smallest absolute Gasteiger partial charge is 0.230 e. The third kappa shape index (κ3) is 3.26. The quantitative estimate of drug-likeness (QED) is 0.866. The second-order valence-corrected chi connectivity index (χ2v) is 5.03. The molecule has 17 heavy (non-hydrogen) atoms. The molecule has 1 saturated heterocycles. The molecule has 0 radical (unpaired) electrons. The molecule has 0 aliphatic carbocycles. The van der Waals surface area contributed by atoms with Crippen molar-refractivity contribution >= 4 is 0 Å². The van der Waals surface area contributed by atoms with Crippen molar-refractivity contribution in [3.63, 3.8) is 0 Å². The second-order valence-electron chi connectivity index (χ2n) is 5.03. The second kappa shape index (κ2) is 5.60. The van der Waals surface area contributed by atoms with E-state index >= 15 is 0 Å². The first-order valence-corrected chi connectivity index (χ1v) is 6.30. The topological polar surface area (TPSA) is 60.2 Å². The first kappa shape index (κ1) is 12.5. The van der Waals surface area contributed by atoms with Gasteiger partial charge in [0.15, 0.2) is 5.82 Å². The molecule has 1 N–H and O–H groups in total. The van der Waals surface area contributed by atoms with Crippen LogP contribution in [0.5, 0.6) is 0 Å². The van der Waals surface area contributed by atoms with Crippen molar-refractivity contribution in [3.8, 4) is 0 Å². The molecule has 0 amide bonds. The van der Waals surface area contributed by atoms with Crippen LogP contribution in [-0.2, 0) is 11.3 Å². The van der Waals surface area contributed by atoms with Crippen LogP contribution in [0, 0.1) is 5.92 Å². The first-order valence-electron chi connectivity index (χ1n) is 6.30. The first-order chi connectivity index (χ1) is 8.16. The zero-order valence-electron chi connectivity index (χ0n) is 10.8.